The lowest BCUT2D eigenvalue weighted by Gasteiger charge is -2.30. The number of aliphatic hydroxyl groups is 4. The van der Waals surface area contributed by atoms with Crippen LogP contribution >= 0.6 is 0 Å². The molecule has 1 unspecified atom stereocenters. The summed E-state index contributed by atoms with van der Waals surface area (Å²) in [5.74, 6) is -1.18. The minimum absolute atomic E-state index is 0.250. The molecule has 0 aliphatic heterocycles. The molecule has 0 aliphatic carbocycles. The van der Waals surface area contributed by atoms with E-state index >= 15 is 0 Å². The number of carbonyl (C=O) groups is 1. The Kier molecular flexibility index (Phi) is 39.9. The number of carboxylic acid groups (broad SMARTS) is 1. The van der Waals surface area contributed by atoms with E-state index < -0.39 is 11.8 Å². The molecule has 0 spiro atoms. The predicted octanol–water partition coefficient (Wildman–Crippen LogP) is 5.53. The molecule has 0 saturated carbocycles. The quantitative estimate of drug-likeness (QED) is 0.0995. The molecule has 1 aromatic rings. The number of hydrogen-bond donors (Lipinski definition) is 5. The lowest BCUT2D eigenvalue weighted by Crippen LogP contribution is -2.34. The highest BCUT2D eigenvalue weighted by Crippen LogP contribution is 2.25. The van der Waals surface area contributed by atoms with Crippen LogP contribution in [0.4, 0.5) is 0 Å². The number of unbranched alkanes of at least 4 members (excludes halogenated alkanes) is 6. The van der Waals surface area contributed by atoms with Gasteiger partial charge in [-0.2, -0.15) is 0 Å². The number of rotatable bonds is 13. The van der Waals surface area contributed by atoms with Crippen LogP contribution in [0, 0.1) is 0 Å². The largest absolute Gasteiger partial charge is 0.478 e. The third-order valence-corrected chi connectivity index (χ3v) is 3.84. The van der Waals surface area contributed by atoms with Crippen molar-refractivity contribution in [2.45, 2.75) is 98.7 Å². The van der Waals surface area contributed by atoms with Crippen LogP contribution in [0.1, 0.15) is 92.9 Å². The number of aliphatic hydroxyl groups excluding tert-OH is 4. The van der Waals surface area contributed by atoms with Gasteiger partial charge in [-0.1, -0.05) is 63.6 Å². The van der Waals surface area contributed by atoms with Crippen molar-refractivity contribution in [2.24, 2.45) is 0 Å². The molecular formula is C28H54O8. The molecule has 5 N–H and O–H groups in total. The molecule has 0 bridgehead atoms. The van der Waals surface area contributed by atoms with Crippen molar-refractivity contribution in [2.75, 3.05) is 26.4 Å². The maximum Gasteiger partial charge on any atom is 0.331 e. The number of carboxylic acids is 1. The van der Waals surface area contributed by atoms with E-state index in [1.54, 1.807) is 27.7 Å². The van der Waals surface area contributed by atoms with Crippen molar-refractivity contribution in [3.05, 3.63) is 42.7 Å². The first kappa shape index (κ1) is 41.0. The van der Waals surface area contributed by atoms with E-state index in [0.29, 0.717) is 12.2 Å². The minimum Gasteiger partial charge on any atom is -0.478 e. The zero-order valence-corrected chi connectivity index (χ0v) is 23.5. The first-order chi connectivity index (χ1) is 17.2. The molecular weight excluding hydrogens is 464 g/mol. The fraction of sp³-hybridized carbons (Fsp3) is 0.679. The Hall–Kier alpha value is -2.13. The van der Waals surface area contributed by atoms with Gasteiger partial charge in [-0.15, -0.1) is 0 Å². The summed E-state index contributed by atoms with van der Waals surface area (Å²) in [4.78, 5) is 10.6. The zero-order chi connectivity index (χ0) is 28.5. The minimum atomic E-state index is -1.03. The fourth-order valence-corrected chi connectivity index (χ4v) is 2.51. The Bertz CT molecular complexity index is 544. The second-order valence-corrected chi connectivity index (χ2v) is 7.44. The van der Waals surface area contributed by atoms with Crippen LogP contribution < -0.4 is 4.74 Å². The lowest BCUT2D eigenvalue weighted by atomic mass is 10.1. The third-order valence-electron chi connectivity index (χ3n) is 3.84. The maximum atomic E-state index is 10.6. The SMILES string of the molecule is CCCCCCCCCC(C)(OC=CC(=O)O)Oc1ccccc1.CCO.CCO.CCO.CCO. The average Bonchev–Trinajstić information content (AvgIpc) is 2.81. The standard InChI is InChI=1S/C20H30O4.4C2H6O/c1-3-4-5-6-7-8-12-16-20(2,23-17-15-19(21)22)24-18-13-10-9-11-14-18;4*1-2-3/h9-11,13-15,17H,3-8,12,16H2,1-2H3,(H,21,22);4*3H,2H2,1H3. The van der Waals surface area contributed by atoms with Gasteiger partial charge in [-0.25, -0.2) is 4.79 Å². The van der Waals surface area contributed by atoms with E-state index in [0.717, 1.165) is 18.9 Å². The van der Waals surface area contributed by atoms with Crippen molar-refractivity contribution in [3.63, 3.8) is 0 Å². The van der Waals surface area contributed by atoms with Crippen LogP contribution in [0.2, 0.25) is 0 Å². The molecule has 1 rings (SSSR count). The number of hydrogen-bond acceptors (Lipinski definition) is 7. The normalized spacial score (nSPS) is 11.1. The highest BCUT2D eigenvalue weighted by atomic mass is 16.7. The molecule has 1 aromatic carbocycles. The summed E-state index contributed by atoms with van der Waals surface area (Å²) < 4.78 is 11.6. The smallest absolute Gasteiger partial charge is 0.331 e. The van der Waals surface area contributed by atoms with E-state index in [1.807, 2.05) is 37.3 Å². The van der Waals surface area contributed by atoms with Crippen molar-refractivity contribution in [1.29, 1.82) is 0 Å². The molecule has 1 atom stereocenters. The zero-order valence-electron chi connectivity index (χ0n) is 23.5. The van der Waals surface area contributed by atoms with Gasteiger partial charge in [0.25, 0.3) is 0 Å². The second kappa shape index (κ2) is 35.0. The van der Waals surface area contributed by atoms with Gasteiger partial charge in [-0.05, 0) is 46.2 Å². The van der Waals surface area contributed by atoms with Crippen LogP contribution in [0.25, 0.3) is 0 Å². The van der Waals surface area contributed by atoms with Crippen LogP contribution in [0.3, 0.4) is 0 Å². The Labute approximate surface area is 219 Å². The molecule has 0 amide bonds. The number of ether oxygens (including phenoxy) is 2. The Morgan fingerprint density at radius 1 is 0.778 bits per heavy atom. The maximum absolute atomic E-state index is 10.6. The molecule has 214 valence electrons. The van der Waals surface area contributed by atoms with Crippen LogP contribution in [0.5, 0.6) is 5.75 Å². The number of para-hydroxylation sites is 1. The molecule has 36 heavy (non-hydrogen) atoms. The summed E-state index contributed by atoms with van der Waals surface area (Å²) in [5, 5.41) is 39.0. The van der Waals surface area contributed by atoms with Gasteiger partial charge in [0, 0.05) is 39.8 Å². The summed E-state index contributed by atoms with van der Waals surface area (Å²) in [5.41, 5.74) is 0. The summed E-state index contributed by atoms with van der Waals surface area (Å²) in [6.45, 7) is 11.8. The highest BCUT2D eigenvalue weighted by Gasteiger charge is 2.26. The predicted molar refractivity (Wildman–Crippen MR) is 147 cm³/mol. The number of benzene rings is 1. The van der Waals surface area contributed by atoms with E-state index in [-0.39, 0.29) is 26.4 Å². The van der Waals surface area contributed by atoms with Crippen LogP contribution in [0.15, 0.2) is 42.7 Å². The summed E-state index contributed by atoms with van der Waals surface area (Å²) in [6.07, 6.45) is 11.3. The molecule has 0 aliphatic rings. The molecule has 0 fully saturated rings. The van der Waals surface area contributed by atoms with Crippen LogP contribution in [-0.4, -0.2) is 63.7 Å². The third kappa shape index (κ3) is 39.1. The molecule has 0 saturated heterocycles. The lowest BCUT2D eigenvalue weighted by molar-refractivity contribution is -0.138. The van der Waals surface area contributed by atoms with Gasteiger partial charge in [0.05, 0.1) is 12.3 Å². The van der Waals surface area contributed by atoms with Crippen molar-refractivity contribution < 1.29 is 39.8 Å². The van der Waals surface area contributed by atoms with Gasteiger partial charge < -0.3 is 35.0 Å². The van der Waals surface area contributed by atoms with E-state index in [4.69, 9.17) is 35.0 Å². The number of aliphatic carboxylic acids is 1. The average molecular weight is 519 g/mol. The summed E-state index contributed by atoms with van der Waals surface area (Å²) in [6, 6.07) is 9.46. The molecule has 0 radical (unpaired) electrons. The monoisotopic (exact) mass is 518 g/mol. The fourth-order valence-electron chi connectivity index (χ4n) is 2.51. The first-order valence-corrected chi connectivity index (χ1v) is 13.0. The molecule has 0 aromatic heterocycles. The van der Waals surface area contributed by atoms with Crippen LogP contribution in [-0.2, 0) is 9.53 Å². The Morgan fingerprint density at radius 3 is 1.61 bits per heavy atom. The van der Waals surface area contributed by atoms with Gasteiger partial charge in [0.1, 0.15) is 5.75 Å². The first-order valence-electron chi connectivity index (χ1n) is 13.0. The van der Waals surface area contributed by atoms with E-state index in [1.165, 1.54) is 38.4 Å². The van der Waals surface area contributed by atoms with Gasteiger partial charge in [0.15, 0.2) is 0 Å². The van der Waals surface area contributed by atoms with Crippen molar-refractivity contribution in [1.82, 2.24) is 0 Å². The van der Waals surface area contributed by atoms with Crippen molar-refractivity contribution >= 4 is 5.97 Å². The Morgan fingerprint density at radius 2 is 1.19 bits per heavy atom. The van der Waals surface area contributed by atoms with Gasteiger partial charge in [0.2, 0.25) is 5.79 Å². The van der Waals surface area contributed by atoms with Gasteiger partial charge in [-0.3, -0.25) is 0 Å². The second-order valence-electron chi connectivity index (χ2n) is 7.44. The summed E-state index contributed by atoms with van der Waals surface area (Å²) in [7, 11) is 0. The Balaban J connectivity index is -0.000000359. The molecule has 8 heteroatoms. The van der Waals surface area contributed by atoms with Gasteiger partial charge >= 0.3 is 5.97 Å². The molecule has 0 heterocycles. The summed E-state index contributed by atoms with van der Waals surface area (Å²) >= 11 is 0. The van der Waals surface area contributed by atoms with E-state index in [9.17, 15) is 4.79 Å². The van der Waals surface area contributed by atoms with Crippen molar-refractivity contribution in [3.8, 4) is 5.75 Å². The molecule has 8 nitrogen and oxygen atoms in total. The van der Waals surface area contributed by atoms with E-state index in [2.05, 4.69) is 6.92 Å². The highest BCUT2D eigenvalue weighted by molar-refractivity contribution is 5.79. The topological polar surface area (TPSA) is 137 Å².